The molecule has 4 atom stereocenters. The van der Waals surface area contributed by atoms with Crippen molar-refractivity contribution in [2.24, 2.45) is 35.5 Å². The molecule has 0 saturated heterocycles. The fraction of sp³-hybridized carbons (Fsp3) is 0.875. The standard InChI is InChI=1S/C8H8O/c9-3-1-2-4(3)6-7-5(2)8(6)7/h2,4-8H,1H2/t2-,4-,5?,6?,7?,8?/m1/s1. The third kappa shape index (κ3) is 0.194. The molecule has 0 aliphatic heterocycles. The molecule has 0 aromatic carbocycles. The van der Waals surface area contributed by atoms with Crippen LogP contribution in [0.15, 0.2) is 0 Å². The Balaban J connectivity index is 1.91. The van der Waals surface area contributed by atoms with Gasteiger partial charge in [0, 0.05) is 12.3 Å². The minimum atomic E-state index is 0.595. The molecule has 0 amide bonds. The highest BCUT2D eigenvalue weighted by atomic mass is 16.1. The van der Waals surface area contributed by atoms with E-state index in [1.807, 2.05) is 0 Å². The smallest absolute Gasteiger partial charge is 0.136 e. The van der Waals surface area contributed by atoms with Crippen LogP contribution in [0.1, 0.15) is 6.42 Å². The summed E-state index contributed by atoms with van der Waals surface area (Å²) in [5.74, 6) is 6.25. The summed E-state index contributed by atoms with van der Waals surface area (Å²) < 4.78 is 0. The van der Waals surface area contributed by atoms with E-state index in [1.54, 1.807) is 0 Å². The first-order valence-corrected chi connectivity index (χ1v) is 3.92. The Morgan fingerprint density at radius 3 is 2.33 bits per heavy atom. The maximum Gasteiger partial charge on any atom is 0.136 e. The SMILES string of the molecule is O=C1C[C@H]2C3C4C3C4[C@@H]12. The second-order valence-corrected chi connectivity index (χ2v) is 4.17. The van der Waals surface area contributed by atoms with E-state index in [2.05, 4.69) is 0 Å². The van der Waals surface area contributed by atoms with E-state index in [0.717, 1.165) is 36.0 Å². The molecule has 2 bridgehead atoms. The average molecular weight is 120 g/mol. The maximum atomic E-state index is 11.0. The van der Waals surface area contributed by atoms with Crippen LogP contribution >= 0.6 is 0 Å². The van der Waals surface area contributed by atoms with Gasteiger partial charge in [-0.3, -0.25) is 4.79 Å². The van der Waals surface area contributed by atoms with Crippen LogP contribution in [0.2, 0.25) is 0 Å². The van der Waals surface area contributed by atoms with Gasteiger partial charge in [-0.2, -0.15) is 0 Å². The van der Waals surface area contributed by atoms with Gasteiger partial charge in [-0.25, -0.2) is 0 Å². The molecule has 5 aliphatic carbocycles. The quantitative estimate of drug-likeness (QED) is 0.460. The van der Waals surface area contributed by atoms with Crippen molar-refractivity contribution in [2.75, 3.05) is 0 Å². The van der Waals surface area contributed by atoms with Crippen molar-refractivity contribution in [1.82, 2.24) is 0 Å². The third-order valence-electron chi connectivity index (χ3n) is 4.12. The molecule has 5 rings (SSSR count). The lowest BCUT2D eigenvalue weighted by Gasteiger charge is -2.27. The lowest BCUT2D eigenvalue weighted by molar-refractivity contribution is -0.132. The number of hydrogen-bond donors (Lipinski definition) is 0. The summed E-state index contributed by atoms with van der Waals surface area (Å²) in [4.78, 5) is 11.0. The second-order valence-electron chi connectivity index (χ2n) is 4.17. The van der Waals surface area contributed by atoms with Crippen LogP contribution in [0.3, 0.4) is 0 Å². The van der Waals surface area contributed by atoms with Crippen LogP contribution < -0.4 is 0 Å². The molecule has 5 aliphatic rings. The maximum absolute atomic E-state index is 11.0. The monoisotopic (exact) mass is 120 g/mol. The summed E-state index contributed by atoms with van der Waals surface area (Å²) in [7, 11) is 0. The zero-order valence-corrected chi connectivity index (χ0v) is 5.08. The summed E-state index contributed by atoms with van der Waals surface area (Å²) in [6, 6.07) is 0. The van der Waals surface area contributed by atoms with E-state index >= 15 is 0 Å². The van der Waals surface area contributed by atoms with Crippen molar-refractivity contribution in [3.63, 3.8) is 0 Å². The van der Waals surface area contributed by atoms with Crippen LogP contribution in [0.25, 0.3) is 0 Å². The number of carbonyl (C=O) groups excluding carboxylic acids is 1. The minimum Gasteiger partial charge on any atom is -0.299 e. The Kier molecular flexibility index (Phi) is 0.302. The topological polar surface area (TPSA) is 17.1 Å². The number of carbonyl (C=O) groups is 1. The summed E-state index contributed by atoms with van der Waals surface area (Å²) >= 11 is 0. The van der Waals surface area contributed by atoms with Crippen molar-refractivity contribution in [3.8, 4) is 0 Å². The van der Waals surface area contributed by atoms with Gasteiger partial charge in [-0.1, -0.05) is 0 Å². The zero-order valence-electron chi connectivity index (χ0n) is 5.08. The van der Waals surface area contributed by atoms with E-state index in [1.165, 1.54) is 0 Å². The molecular weight excluding hydrogens is 112 g/mol. The van der Waals surface area contributed by atoms with Crippen molar-refractivity contribution in [1.29, 1.82) is 0 Å². The van der Waals surface area contributed by atoms with Crippen molar-refractivity contribution < 1.29 is 4.79 Å². The van der Waals surface area contributed by atoms with Gasteiger partial charge in [-0.15, -0.1) is 0 Å². The third-order valence-corrected chi connectivity index (χ3v) is 4.12. The van der Waals surface area contributed by atoms with Gasteiger partial charge in [-0.05, 0) is 29.6 Å². The highest BCUT2D eigenvalue weighted by Gasteiger charge is 2.87. The Morgan fingerprint density at radius 2 is 1.89 bits per heavy atom. The average Bonchev–Trinajstić information content (AvgIpc) is 2.62. The van der Waals surface area contributed by atoms with Gasteiger partial charge >= 0.3 is 0 Å². The van der Waals surface area contributed by atoms with Gasteiger partial charge in [0.15, 0.2) is 0 Å². The Bertz CT molecular complexity index is 223. The Labute approximate surface area is 53.4 Å². The van der Waals surface area contributed by atoms with Crippen molar-refractivity contribution >= 4 is 5.78 Å². The fourth-order valence-electron chi connectivity index (χ4n) is 3.64. The molecule has 5 fully saturated rings. The number of rotatable bonds is 0. The van der Waals surface area contributed by atoms with Crippen molar-refractivity contribution in [3.05, 3.63) is 0 Å². The van der Waals surface area contributed by atoms with E-state index < -0.39 is 0 Å². The van der Waals surface area contributed by atoms with Crippen LogP contribution in [-0.4, -0.2) is 5.78 Å². The van der Waals surface area contributed by atoms with Gasteiger partial charge < -0.3 is 0 Å². The molecule has 1 heteroatoms. The summed E-state index contributed by atoms with van der Waals surface area (Å²) in [6.45, 7) is 0. The minimum absolute atomic E-state index is 0.595. The molecule has 0 radical (unpaired) electrons. The van der Waals surface area contributed by atoms with Gasteiger partial charge in [0.2, 0.25) is 0 Å². The fourth-order valence-corrected chi connectivity index (χ4v) is 3.64. The second kappa shape index (κ2) is 0.727. The molecular formula is C8H8O. The van der Waals surface area contributed by atoms with Crippen LogP contribution in [-0.2, 0) is 4.79 Å². The molecule has 9 heavy (non-hydrogen) atoms. The summed E-state index contributed by atoms with van der Waals surface area (Å²) in [5, 5.41) is 0. The van der Waals surface area contributed by atoms with Gasteiger partial charge in [0.1, 0.15) is 5.78 Å². The first kappa shape index (κ1) is 3.75. The van der Waals surface area contributed by atoms with Crippen molar-refractivity contribution in [2.45, 2.75) is 6.42 Å². The van der Waals surface area contributed by atoms with Gasteiger partial charge in [0.05, 0.1) is 0 Å². The Morgan fingerprint density at radius 1 is 1.11 bits per heavy atom. The molecule has 0 N–H and O–H groups in total. The van der Waals surface area contributed by atoms with E-state index in [-0.39, 0.29) is 0 Å². The molecule has 5 saturated carbocycles. The molecule has 1 nitrogen and oxygen atoms in total. The molecule has 0 spiro atoms. The Hall–Kier alpha value is -0.330. The number of ketones is 1. The van der Waals surface area contributed by atoms with Crippen LogP contribution in [0.4, 0.5) is 0 Å². The highest BCUT2D eigenvalue weighted by Crippen LogP contribution is 2.88. The molecule has 46 valence electrons. The molecule has 0 heterocycles. The lowest BCUT2D eigenvalue weighted by atomic mass is 9.75. The zero-order chi connectivity index (χ0) is 5.75. The summed E-state index contributed by atoms with van der Waals surface area (Å²) in [5.41, 5.74) is 0. The lowest BCUT2D eigenvalue weighted by Crippen LogP contribution is -2.33. The van der Waals surface area contributed by atoms with E-state index in [9.17, 15) is 4.79 Å². The predicted octanol–water partition coefficient (Wildman–Crippen LogP) is 0.697. The molecule has 0 aromatic rings. The first-order valence-electron chi connectivity index (χ1n) is 3.92. The normalized spacial score (nSPS) is 78.9. The summed E-state index contributed by atoms with van der Waals surface area (Å²) in [6.07, 6.45) is 0.957. The molecule has 0 aromatic heterocycles. The first-order chi connectivity index (χ1) is 4.39. The van der Waals surface area contributed by atoms with E-state index in [0.29, 0.717) is 11.7 Å². The van der Waals surface area contributed by atoms with Crippen LogP contribution in [0.5, 0.6) is 0 Å². The van der Waals surface area contributed by atoms with E-state index in [4.69, 9.17) is 0 Å². The van der Waals surface area contributed by atoms with Crippen LogP contribution in [0, 0.1) is 35.5 Å². The predicted molar refractivity (Wildman–Crippen MR) is 30.6 cm³/mol. The van der Waals surface area contributed by atoms with Gasteiger partial charge in [0.25, 0.3) is 0 Å². The molecule has 2 unspecified atom stereocenters. The number of Topliss-reactive ketones (excluding diaryl/α,β-unsaturated/α-hetero) is 1. The largest absolute Gasteiger partial charge is 0.299 e. The highest BCUT2D eigenvalue weighted by molar-refractivity contribution is 5.90. The number of hydrogen-bond acceptors (Lipinski definition) is 1.